The maximum absolute atomic E-state index is 2.47. The van der Waals surface area contributed by atoms with Gasteiger partial charge in [-0.15, -0.1) is 0 Å². The summed E-state index contributed by atoms with van der Waals surface area (Å²) in [4.78, 5) is 2.47. The van der Waals surface area contributed by atoms with Crippen molar-refractivity contribution < 1.29 is 0 Å². The van der Waals surface area contributed by atoms with Crippen molar-refractivity contribution in [3.8, 4) is 22.3 Å². The largest absolute Gasteiger partial charge is 0.310 e. The smallest absolute Gasteiger partial charge is 0.0714 e. The third kappa shape index (κ3) is 4.22. The van der Waals surface area contributed by atoms with Gasteiger partial charge in [-0.05, 0) is 103 Å². The predicted molar refractivity (Wildman–Crippen MR) is 213 cm³/mol. The van der Waals surface area contributed by atoms with E-state index in [4.69, 9.17) is 0 Å². The lowest BCUT2D eigenvalue weighted by Gasteiger charge is -2.35. The summed E-state index contributed by atoms with van der Waals surface area (Å²) >= 11 is 0. The first-order valence-corrected chi connectivity index (χ1v) is 17.9. The van der Waals surface area contributed by atoms with Crippen molar-refractivity contribution in [3.63, 3.8) is 0 Å². The molecule has 0 saturated heterocycles. The van der Waals surface area contributed by atoms with Crippen LogP contribution in [-0.4, -0.2) is 0 Å². The highest BCUT2D eigenvalue weighted by Gasteiger charge is 2.46. The molecule has 0 atom stereocenters. The Morgan fingerprint density at radius 2 is 0.941 bits per heavy atom. The van der Waals surface area contributed by atoms with Gasteiger partial charge < -0.3 is 4.90 Å². The second-order valence-electron chi connectivity index (χ2n) is 14.5. The third-order valence-electron chi connectivity index (χ3n) is 11.5. The number of nitrogens with zero attached hydrogens (tertiary/aromatic N) is 1. The highest BCUT2D eigenvalue weighted by Crippen LogP contribution is 2.58. The van der Waals surface area contributed by atoms with Crippen LogP contribution in [0.2, 0.25) is 0 Å². The molecule has 0 spiro atoms. The maximum Gasteiger partial charge on any atom is 0.0714 e. The van der Waals surface area contributed by atoms with Crippen LogP contribution < -0.4 is 4.90 Å². The number of benzene rings is 8. The summed E-state index contributed by atoms with van der Waals surface area (Å²) in [5, 5.41) is 2.50. The van der Waals surface area contributed by atoms with Gasteiger partial charge >= 0.3 is 0 Å². The van der Waals surface area contributed by atoms with E-state index in [0.717, 1.165) is 11.4 Å². The van der Waals surface area contributed by atoms with Gasteiger partial charge in [0.2, 0.25) is 0 Å². The van der Waals surface area contributed by atoms with E-state index >= 15 is 0 Å². The Morgan fingerprint density at radius 1 is 0.373 bits per heavy atom. The standard InChI is InChI=1S/C50H37N/c1-49(2)44-26-14-12-25-40(44)43-31-34-17-16-28-48(42(34)33-46(43)49)51(37-22-10-5-11-23-37)38-29-30-41-39-24-13-15-27-45(39)50(47(41)32-38,35-18-6-3-7-19-35)36-20-8-4-9-21-36/h3-33H,1-2H3. The third-order valence-corrected chi connectivity index (χ3v) is 11.5. The van der Waals surface area contributed by atoms with Crippen molar-refractivity contribution in [1.29, 1.82) is 0 Å². The molecule has 51 heavy (non-hydrogen) atoms. The maximum atomic E-state index is 2.47. The summed E-state index contributed by atoms with van der Waals surface area (Å²) in [6, 6.07) is 69.7. The molecule has 0 saturated carbocycles. The normalized spacial score (nSPS) is 14.4. The first-order chi connectivity index (χ1) is 25.1. The zero-order chi connectivity index (χ0) is 34.2. The zero-order valence-corrected chi connectivity index (χ0v) is 28.8. The number of hydrogen-bond acceptors (Lipinski definition) is 1. The van der Waals surface area contributed by atoms with Crippen LogP contribution in [0.5, 0.6) is 0 Å². The Morgan fingerprint density at radius 3 is 1.63 bits per heavy atom. The molecular weight excluding hydrogens is 615 g/mol. The molecule has 0 radical (unpaired) electrons. The second-order valence-corrected chi connectivity index (χ2v) is 14.5. The molecule has 1 heteroatoms. The van der Waals surface area contributed by atoms with Crippen LogP contribution in [0.25, 0.3) is 33.0 Å². The molecule has 2 aliphatic rings. The van der Waals surface area contributed by atoms with Crippen molar-refractivity contribution in [2.45, 2.75) is 24.7 Å². The first kappa shape index (κ1) is 29.7. The Hall–Kier alpha value is -6.18. The van der Waals surface area contributed by atoms with E-state index < -0.39 is 5.41 Å². The van der Waals surface area contributed by atoms with Crippen LogP contribution in [0.3, 0.4) is 0 Å². The minimum Gasteiger partial charge on any atom is -0.310 e. The Bertz CT molecular complexity index is 2560. The molecule has 0 unspecified atom stereocenters. The fraction of sp³-hybridized carbons (Fsp3) is 0.0800. The quantitative estimate of drug-likeness (QED) is 0.179. The van der Waals surface area contributed by atoms with Crippen molar-refractivity contribution in [2.24, 2.45) is 0 Å². The highest BCUT2D eigenvalue weighted by molar-refractivity contribution is 6.03. The molecule has 0 heterocycles. The van der Waals surface area contributed by atoms with Gasteiger partial charge in [0, 0.05) is 22.2 Å². The van der Waals surface area contributed by atoms with Gasteiger partial charge in [-0.2, -0.15) is 0 Å². The lowest BCUT2D eigenvalue weighted by molar-refractivity contribution is 0.661. The van der Waals surface area contributed by atoms with E-state index in [2.05, 4.69) is 207 Å². The fourth-order valence-electron chi connectivity index (χ4n) is 9.23. The van der Waals surface area contributed by atoms with Gasteiger partial charge in [0.05, 0.1) is 11.1 Å². The first-order valence-electron chi connectivity index (χ1n) is 17.9. The molecule has 0 N–H and O–H groups in total. The van der Waals surface area contributed by atoms with E-state index in [0.29, 0.717) is 0 Å². The number of fused-ring (bicyclic) bond motifs is 7. The van der Waals surface area contributed by atoms with E-state index in [9.17, 15) is 0 Å². The summed E-state index contributed by atoms with van der Waals surface area (Å²) in [6.07, 6.45) is 0. The summed E-state index contributed by atoms with van der Waals surface area (Å²) in [5.74, 6) is 0. The SMILES string of the molecule is CC1(C)c2ccccc2-c2cc3cccc(N(c4ccccc4)c4ccc5c(c4)C(c4ccccc4)(c4ccccc4)c4ccccc4-5)c3cc21. The molecule has 0 fully saturated rings. The Kier molecular flexibility index (Phi) is 6.51. The number of para-hydroxylation sites is 1. The number of hydrogen-bond donors (Lipinski definition) is 0. The average molecular weight is 652 g/mol. The molecule has 8 aromatic rings. The van der Waals surface area contributed by atoms with E-state index in [-0.39, 0.29) is 5.41 Å². The van der Waals surface area contributed by atoms with Crippen LogP contribution >= 0.6 is 0 Å². The lowest BCUT2D eigenvalue weighted by atomic mass is 9.67. The van der Waals surface area contributed by atoms with Crippen molar-refractivity contribution in [1.82, 2.24) is 0 Å². The van der Waals surface area contributed by atoms with Gasteiger partial charge in [-0.25, -0.2) is 0 Å². The predicted octanol–water partition coefficient (Wildman–Crippen LogP) is 13.0. The molecular formula is C50H37N. The van der Waals surface area contributed by atoms with Gasteiger partial charge in [0.15, 0.2) is 0 Å². The molecule has 8 aromatic carbocycles. The monoisotopic (exact) mass is 651 g/mol. The molecule has 0 aliphatic heterocycles. The highest BCUT2D eigenvalue weighted by atomic mass is 15.1. The molecule has 2 aliphatic carbocycles. The summed E-state index contributed by atoms with van der Waals surface area (Å²) in [5.41, 5.74) is 16.1. The average Bonchev–Trinajstić information content (AvgIpc) is 3.61. The Balaban J connectivity index is 1.25. The zero-order valence-electron chi connectivity index (χ0n) is 28.8. The summed E-state index contributed by atoms with van der Waals surface area (Å²) < 4.78 is 0. The van der Waals surface area contributed by atoms with Crippen LogP contribution in [0.4, 0.5) is 17.1 Å². The van der Waals surface area contributed by atoms with Gasteiger partial charge in [0.1, 0.15) is 0 Å². The van der Waals surface area contributed by atoms with Crippen molar-refractivity contribution in [2.75, 3.05) is 4.90 Å². The van der Waals surface area contributed by atoms with E-state index in [1.54, 1.807) is 0 Å². The van der Waals surface area contributed by atoms with Crippen LogP contribution in [0, 0.1) is 0 Å². The summed E-state index contributed by atoms with van der Waals surface area (Å²) in [6.45, 7) is 4.73. The molecule has 10 rings (SSSR count). The van der Waals surface area contributed by atoms with Crippen molar-refractivity contribution >= 4 is 27.8 Å². The summed E-state index contributed by atoms with van der Waals surface area (Å²) in [7, 11) is 0. The van der Waals surface area contributed by atoms with Gasteiger partial charge in [0.25, 0.3) is 0 Å². The lowest BCUT2D eigenvalue weighted by Crippen LogP contribution is -2.28. The van der Waals surface area contributed by atoms with Crippen LogP contribution in [0.1, 0.15) is 47.2 Å². The minimum atomic E-state index is -0.470. The van der Waals surface area contributed by atoms with Gasteiger partial charge in [-0.1, -0.05) is 159 Å². The van der Waals surface area contributed by atoms with E-state index in [1.165, 1.54) is 72.1 Å². The molecule has 242 valence electrons. The van der Waals surface area contributed by atoms with Gasteiger partial charge in [-0.3, -0.25) is 0 Å². The number of anilines is 3. The number of rotatable bonds is 5. The molecule has 0 bridgehead atoms. The molecule has 0 aromatic heterocycles. The minimum absolute atomic E-state index is 0.0882. The van der Waals surface area contributed by atoms with Crippen molar-refractivity contribution in [3.05, 3.63) is 221 Å². The topological polar surface area (TPSA) is 3.24 Å². The van der Waals surface area contributed by atoms with E-state index in [1.807, 2.05) is 0 Å². The Labute approximate surface area is 300 Å². The van der Waals surface area contributed by atoms with Crippen LogP contribution in [-0.2, 0) is 10.8 Å². The fourth-order valence-corrected chi connectivity index (χ4v) is 9.23. The van der Waals surface area contributed by atoms with Crippen LogP contribution in [0.15, 0.2) is 188 Å². The second kappa shape index (κ2) is 11.2. The molecule has 1 nitrogen and oxygen atoms in total. The molecule has 0 amide bonds.